The molecular weight excluding hydrogens is 607 g/mol. The molecule has 2 heterocycles. The number of rotatable bonds is 4. The van der Waals surface area contributed by atoms with Crippen LogP contribution in [0.5, 0.6) is 0 Å². The molecule has 0 spiro atoms. The van der Waals surface area contributed by atoms with E-state index in [9.17, 15) is 0 Å². The maximum atomic E-state index is 5.19. The zero-order valence-corrected chi connectivity index (χ0v) is 27.2. The van der Waals surface area contributed by atoms with E-state index in [1.165, 1.54) is 32.7 Å². The van der Waals surface area contributed by atoms with E-state index in [1.54, 1.807) is 0 Å². The van der Waals surface area contributed by atoms with Crippen LogP contribution in [0.3, 0.4) is 0 Å². The van der Waals surface area contributed by atoms with Gasteiger partial charge in [0.2, 0.25) is 0 Å². The molecule has 2 unspecified atom stereocenters. The fourth-order valence-electron chi connectivity index (χ4n) is 8.16. The van der Waals surface area contributed by atoms with E-state index in [0.29, 0.717) is 5.92 Å². The summed E-state index contributed by atoms with van der Waals surface area (Å²) in [4.78, 5) is 14.7. The molecule has 0 radical (unpaired) electrons. The van der Waals surface area contributed by atoms with Crippen LogP contribution in [-0.4, -0.2) is 15.0 Å². The number of aromatic nitrogens is 3. The first-order chi connectivity index (χ1) is 24.8. The second kappa shape index (κ2) is 11.6. The van der Waals surface area contributed by atoms with Crippen LogP contribution in [0.1, 0.15) is 5.56 Å². The van der Waals surface area contributed by atoms with Gasteiger partial charge < -0.3 is 0 Å². The molecule has 234 valence electrons. The van der Waals surface area contributed by atoms with Crippen LogP contribution in [0.25, 0.3) is 72.0 Å². The Hall–Kier alpha value is -6.45. The van der Waals surface area contributed by atoms with Crippen LogP contribution in [0, 0.1) is 11.8 Å². The molecule has 0 bridgehead atoms. The SMILES string of the molecule is C1=CC2=c3ccccc3=C3C=CC(c4ccc(-c5c6ccccc6c(-c6ncccn6)c6cc(-c7ccccc7)ccc56)nc4)=CC3C2C=C1. The Morgan fingerprint density at radius 2 is 1.16 bits per heavy atom. The van der Waals surface area contributed by atoms with E-state index in [0.717, 1.165) is 55.3 Å². The Balaban J connectivity index is 1.12. The maximum Gasteiger partial charge on any atom is 0.160 e. The summed E-state index contributed by atoms with van der Waals surface area (Å²) in [6.07, 6.45) is 21.7. The number of hydrogen-bond donors (Lipinski definition) is 0. The molecule has 0 N–H and O–H groups in total. The first kappa shape index (κ1) is 28.6. The lowest BCUT2D eigenvalue weighted by molar-refractivity contribution is 0.696. The molecule has 5 aromatic carbocycles. The number of pyridine rings is 1. The van der Waals surface area contributed by atoms with Gasteiger partial charge in [0.25, 0.3) is 0 Å². The van der Waals surface area contributed by atoms with Gasteiger partial charge >= 0.3 is 0 Å². The van der Waals surface area contributed by atoms with Crippen molar-refractivity contribution in [2.24, 2.45) is 11.8 Å². The highest BCUT2D eigenvalue weighted by molar-refractivity contribution is 6.21. The normalized spacial score (nSPS) is 17.4. The van der Waals surface area contributed by atoms with Crippen LogP contribution in [0.2, 0.25) is 0 Å². The highest BCUT2D eigenvalue weighted by atomic mass is 14.9. The summed E-state index contributed by atoms with van der Waals surface area (Å²) in [5, 5.41) is 7.16. The Bertz CT molecular complexity index is 2740. The Morgan fingerprint density at radius 3 is 1.94 bits per heavy atom. The summed E-state index contributed by atoms with van der Waals surface area (Å²) in [6.45, 7) is 0. The predicted octanol–water partition coefficient (Wildman–Crippen LogP) is 9.51. The number of nitrogens with zero attached hydrogens (tertiary/aromatic N) is 3. The second-order valence-corrected chi connectivity index (χ2v) is 13.1. The van der Waals surface area contributed by atoms with Crippen LogP contribution in [-0.2, 0) is 0 Å². The monoisotopic (exact) mass is 637 g/mol. The first-order valence-electron chi connectivity index (χ1n) is 17.2. The van der Waals surface area contributed by atoms with Gasteiger partial charge in [0.1, 0.15) is 0 Å². The van der Waals surface area contributed by atoms with Crippen LogP contribution in [0.15, 0.2) is 176 Å². The summed E-state index contributed by atoms with van der Waals surface area (Å²) >= 11 is 0. The third-order valence-electron chi connectivity index (χ3n) is 10.4. The molecule has 0 amide bonds. The minimum absolute atomic E-state index is 0.278. The maximum absolute atomic E-state index is 5.19. The lowest BCUT2D eigenvalue weighted by Crippen LogP contribution is -2.39. The molecule has 3 aliphatic carbocycles. The van der Waals surface area contributed by atoms with Crippen molar-refractivity contribution in [1.29, 1.82) is 0 Å². The molecule has 0 saturated carbocycles. The first-order valence-corrected chi connectivity index (χ1v) is 17.2. The molecule has 0 saturated heterocycles. The van der Waals surface area contributed by atoms with Gasteiger partial charge in [-0.1, -0.05) is 140 Å². The minimum Gasteiger partial charge on any atom is -0.256 e. The van der Waals surface area contributed by atoms with Crippen molar-refractivity contribution in [3.05, 3.63) is 192 Å². The smallest absolute Gasteiger partial charge is 0.160 e. The van der Waals surface area contributed by atoms with E-state index in [1.807, 2.05) is 24.7 Å². The fraction of sp³-hybridized carbons (Fsp3) is 0.0426. The van der Waals surface area contributed by atoms with Gasteiger partial charge in [0, 0.05) is 41.6 Å². The molecule has 3 heteroatoms. The van der Waals surface area contributed by atoms with Crippen molar-refractivity contribution >= 4 is 38.3 Å². The van der Waals surface area contributed by atoms with Gasteiger partial charge in [-0.3, -0.25) is 4.98 Å². The van der Waals surface area contributed by atoms with Crippen LogP contribution >= 0.6 is 0 Å². The molecule has 2 atom stereocenters. The standard InChI is InChI=1S/C47H31N3/c1-2-11-30(12-3-1)31-20-23-41-43(28-31)46(47-48-25-10-26-49-47)40-18-9-8-17-39(40)45(41)44-24-21-33(29-50-44)32-19-22-38-36-15-5-4-13-34(36)35-14-6-7-16-37(35)42(38)27-32/h1-29,37,42H. The molecule has 7 aromatic rings. The van der Waals surface area contributed by atoms with Crippen molar-refractivity contribution in [3.63, 3.8) is 0 Å². The zero-order chi connectivity index (χ0) is 33.0. The molecule has 0 aliphatic heterocycles. The van der Waals surface area contributed by atoms with Gasteiger partial charge in [-0.2, -0.15) is 0 Å². The largest absolute Gasteiger partial charge is 0.256 e. The van der Waals surface area contributed by atoms with Gasteiger partial charge in [-0.05, 0) is 83.6 Å². The third-order valence-corrected chi connectivity index (χ3v) is 10.4. The number of allylic oxidation sites excluding steroid dienone is 8. The van der Waals surface area contributed by atoms with Crippen molar-refractivity contribution in [2.75, 3.05) is 0 Å². The van der Waals surface area contributed by atoms with Crippen molar-refractivity contribution in [3.8, 4) is 33.8 Å². The summed E-state index contributed by atoms with van der Waals surface area (Å²) in [5.74, 6) is 1.32. The van der Waals surface area contributed by atoms with Gasteiger partial charge in [-0.25, -0.2) is 9.97 Å². The van der Waals surface area contributed by atoms with Crippen LogP contribution < -0.4 is 10.4 Å². The van der Waals surface area contributed by atoms with E-state index in [-0.39, 0.29) is 5.92 Å². The average Bonchev–Trinajstić information content (AvgIpc) is 3.20. The van der Waals surface area contributed by atoms with Crippen molar-refractivity contribution in [2.45, 2.75) is 0 Å². The summed E-state index contributed by atoms with van der Waals surface area (Å²) in [5.41, 5.74) is 10.5. The highest BCUT2D eigenvalue weighted by Gasteiger charge is 2.30. The molecular formula is C47H31N3. The van der Waals surface area contributed by atoms with Gasteiger partial charge in [0.05, 0.1) is 5.69 Å². The van der Waals surface area contributed by atoms with Gasteiger partial charge in [-0.15, -0.1) is 0 Å². The molecule has 3 aliphatic rings. The number of benzene rings is 5. The quantitative estimate of drug-likeness (QED) is 0.181. The molecule has 2 aromatic heterocycles. The summed E-state index contributed by atoms with van der Waals surface area (Å²) in [6, 6.07) is 41.0. The Kier molecular flexibility index (Phi) is 6.63. The van der Waals surface area contributed by atoms with E-state index in [2.05, 4.69) is 152 Å². The molecule has 0 fully saturated rings. The molecule has 3 nitrogen and oxygen atoms in total. The zero-order valence-electron chi connectivity index (χ0n) is 27.2. The minimum atomic E-state index is 0.278. The second-order valence-electron chi connectivity index (χ2n) is 13.1. The lowest BCUT2D eigenvalue weighted by Gasteiger charge is -2.32. The van der Waals surface area contributed by atoms with E-state index >= 15 is 0 Å². The fourth-order valence-corrected chi connectivity index (χ4v) is 8.16. The number of fused-ring (bicyclic) bond motifs is 6. The Labute approximate surface area is 290 Å². The highest BCUT2D eigenvalue weighted by Crippen LogP contribution is 2.44. The average molecular weight is 638 g/mol. The van der Waals surface area contributed by atoms with Crippen molar-refractivity contribution < 1.29 is 0 Å². The lowest BCUT2D eigenvalue weighted by atomic mass is 9.71. The van der Waals surface area contributed by atoms with E-state index in [4.69, 9.17) is 15.0 Å². The molecule has 50 heavy (non-hydrogen) atoms. The van der Waals surface area contributed by atoms with E-state index < -0.39 is 0 Å². The predicted molar refractivity (Wildman–Crippen MR) is 206 cm³/mol. The van der Waals surface area contributed by atoms with Crippen molar-refractivity contribution in [1.82, 2.24) is 15.0 Å². The van der Waals surface area contributed by atoms with Crippen LogP contribution in [0.4, 0.5) is 0 Å². The number of hydrogen-bond acceptors (Lipinski definition) is 3. The third kappa shape index (κ3) is 4.55. The summed E-state index contributed by atoms with van der Waals surface area (Å²) in [7, 11) is 0. The molecule has 10 rings (SSSR count). The topological polar surface area (TPSA) is 38.7 Å². The Morgan fingerprint density at radius 1 is 0.460 bits per heavy atom. The van der Waals surface area contributed by atoms with Gasteiger partial charge in [0.15, 0.2) is 5.82 Å². The summed E-state index contributed by atoms with van der Waals surface area (Å²) < 4.78 is 0.